The number of piperidine rings is 1. The Bertz CT molecular complexity index is 1560. The topological polar surface area (TPSA) is 57.2 Å². The second kappa shape index (κ2) is 15.4. The Morgan fingerprint density at radius 1 is 0.860 bits per heavy atom. The van der Waals surface area contributed by atoms with Crippen LogP contribution in [0.5, 0.6) is 11.5 Å². The molecule has 272 valence electrons. The third-order valence-electron chi connectivity index (χ3n) is 12.2. The summed E-state index contributed by atoms with van der Waals surface area (Å²) < 4.78 is 27.5. The molecular formula is C42H60FN3O3Si. The zero-order valence-corrected chi connectivity index (χ0v) is 32.5. The van der Waals surface area contributed by atoms with Crippen molar-refractivity contribution in [1.82, 2.24) is 10.2 Å². The van der Waals surface area contributed by atoms with Gasteiger partial charge in [-0.2, -0.15) is 0 Å². The lowest BCUT2D eigenvalue weighted by Crippen LogP contribution is -2.54. The SMILES string of the molecule is COc1cc(N2CCN(CC3(O)CCNCC3)CC2)ccc1[C@@H]1c2ccc(O[Si](C(C)C)(C(C)C)C(C)C)cc2CC[C@@H]1c1ccc(F)cc1. The molecule has 3 aliphatic rings. The van der Waals surface area contributed by atoms with Gasteiger partial charge in [-0.15, -0.1) is 0 Å². The molecule has 0 unspecified atom stereocenters. The fraction of sp³-hybridized carbons (Fsp3) is 0.571. The molecule has 0 radical (unpaired) electrons. The number of rotatable bonds is 11. The van der Waals surface area contributed by atoms with Crippen LogP contribution >= 0.6 is 0 Å². The van der Waals surface area contributed by atoms with Gasteiger partial charge in [-0.1, -0.05) is 65.8 Å². The van der Waals surface area contributed by atoms with Gasteiger partial charge in [0.25, 0.3) is 8.32 Å². The van der Waals surface area contributed by atoms with Gasteiger partial charge in [-0.05, 0) is 108 Å². The van der Waals surface area contributed by atoms with Crippen LogP contribution in [0.15, 0.2) is 60.7 Å². The first kappa shape index (κ1) is 36.9. The Balaban J connectivity index is 1.29. The molecule has 2 N–H and O–H groups in total. The van der Waals surface area contributed by atoms with Crippen molar-refractivity contribution >= 4 is 14.0 Å². The maximum absolute atomic E-state index is 14.1. The number of hydrogen-bond donors (Lipinski definition) is 2. The number of fused-ring (bicyclic) bond motifs is 1. The Morgan fingerprint density at radius 3 is 2.12 bits per heavy atom. The molecule has 0 saturated carbocycles. The molecule has 6 rings (SSSR count). The van der Waals surface area contributed by atoms with E-state index >= 15 is 0 Å². The summed E-state index contributed by atoms with van der Waals surface area (Å²) in [5.41, 5.74) is 7.06. The fourth-order valence-electron chi connectivity index (χ4n) is 9.66. The molecular weight excluding hydrogens is 642 g/mol. The standard InChI is InChI=1S/C42H60FN3O3Si/c1-29(2)50(30(3)4,31(5)6)49-36-14-17-38-33(26-36)10-15-37(32-8-11-34(43)12-9-32)41(38)39-16-13-35(27-40(39)48-7)46-24-22-45(23-25-46)28-42(47)18-20-44-21-19-42/h8-9,11-14,16-17,26-27,29-31,37,41,44,47H,10,15,18-25,28H2,1-7H3/t37-,41+/m1/s1. The highest BCUT2D eigenvalue weighted by Crippen LogP contribution is 2.51. The summed E-state index contributed by atoms with van der Waals surface area (Å²) in [5.74, 6) is 1.94. The van der Waals surface area contributed by atoms with Gasteiger partial charge in [0.2, 0.25) is 0 Å². The van der Waals surface area contributed by atoms with E-state index in [9.17, 15) is 9.50 Å². The van der Waals surface area contributed by atoms with Gasteiger partial charge in [0, 0.05) is 56.0 Å². The van der Waals surface area contributed by atoms with E-state index in [4.69, 9.17) is 9.16 Å². The minimum Gasteiger partial charge on any atom is -0.543 e. The number of hydrogen-bond acceptors (Lipinski definition) is 6. The highest BCUT2D eigenvalue weighted by atomic mass is 28.4. The van der Waals surface area contributed by atoms with E-state index in [1.54, 1.807) is 19.2 Å². The molecule has 1 aliphatic carbocycles. The number of nitrogens with one attached hydrogen (secondary N) is 1. The normalized spacial score (nSPS) is 21.5. The molecule has 50 heavy (non-hydrogen) atoms. The molecule has 6 nitrogen and oxygen atoms in total. The van der Waals surface area contributed by atoms with Crippen molar-refractivity contribution in [2.24, 2.45) is 0 Å². The smallest absolute Gasteiger partial charge is 0.258 e. The number of aliphatic hydroxyl groups is 1. The average molecular weight is 702 g/mol. The van der Waals surface area contributed by atoms with Gasteiger partial charge >= 0.3 is 0 Å². The van der Waals surface area contributed by atoms with Gasteiger partial charge in [-0.25, -0.2) is 4.39 Å². The first-order chi connectivity index (χ1) is 23.9. The molecule has 2 heterocycles. The number of anilines is 1. The number of aryl methyl sites for hydroxylation is 1. The Hall–Kier alpha value is -2.91. The zero-order valence-electron chi connectivity index (χ0n) is 31.5. The highest BCUT2D eigenvalue weighted by molar-refractivity contribution is 6.78. The van der Waals surface area contributed by atoms with Gasteiger partial charge < -0.3 is 24.5 Å². The van der Waals surface area contributed by atoms with Crippen LogP contribution in [0.4, 0.5) is 10.1 Å². The highest BCUT2D eigenvalue weighted by Gasteiger charge is 2.47. The first-order valence-electron chi connectivity index (χ1n) is 19.1. The lowest BCUT2D eigenvalue weighted by Gasteiger charge is -2.43. The summed E-state index contributed by atoms with van der Waals surface area (Å²) in [4.78, 5) is 4.87. The molecule has 0 aromatic heterocycles. The van der Waals surface area contributed by atoms with Crippen LogP contribution in [0.25, 0.3) is 0 Å². The number of methoxy groups -OCH3 is 1. The van der Waals surface area contributed by atoms with E-state index in [1.807, 2.05) is 12.1 Å². The predicted octanol–water partition coefficient (Wildman–Crippen LogP) is 8.49. The Morgan fingerprint density at radius 2 is 1.50 bits per heavy atom. The maximum atomic E-state index is 14.1. The minimum atomic E-state index is -2.10. The number of benzene rings is 3. The van der Waals surface area contributed by atoms with Crippen molar-refractivity contribution < 1.29 is 18.7 Å². The van der Waals surface area contributed by atoms with Crippen molar-refractivity contribution in [2.75, 3.05) is 57.8 Å². The van der Waals surface area contributed by atoms with Crippen molar-refractivity contribution in [3.63, 3.8) is 0 Å². The molecule has 0 bridgehead atoms. The third kappa shape index (κ3) is 7.50. The van der Waals surface area contributed by atoms with Gasteiger partial charge in [0.15, 0.2) is 0 Å². The van der Waals surface area contributed by atoms with Crippen LogP contribution in [0.2, 0.25) is 16.6 Å². The lowest BCUT2D eigenvalue weighted by atomic mass is 9.69. The summed E-state index contributed by atoms with van der Waals surface area (Å²) in [7, 11) is -0.322. The summed E-state index contributed by atoms with van der Waals surface area (Å²) in [6.07, 6.45) is 3.55. The second-order valence-electron chi connectivity index (χ2n) is 16.1. The van der Waals surface area contributed by atoms with Gasteiger partial charge in [0.1, 0.15) is 17.3 Å². The largest absolute Gasteiger partial charge is 0.543 e. The van der Waals surface area contributed by atoms with Crippen molar-refractivity contribution in [2.45, 2.75) is 101 Å². The van der Waals surface area contributed by atoms with Gasteiger partial charge in [-0.3, -0.25) is 4.90 Å². The average Bonchev–Trinajstić information content (AvgIpc) is 3.10. The predicted molar refractivity (Wildman–Crippen MR) is 206 cm³/mol. The molecule has 3 aromatic rings. The molecule has 2 fully saturated rings. The number of nitrogens with zero attached hydrogens (tertiary/aromatic N) is 2. The van der Waals surface area contributed by atoms with E-state index < -0.39 is 13.9 Å². The van der Waals surface area contributed by atoms with Crippen LogP contribution in [-0.2, 0) is 6.42 Å². The van der Waals surface area contributed by atoms with E-state index in [-0.39, 0.29) is 17.7 Å². The molecule has 3 aromatic carbocycles. The molecule has 8 heteroatoms. The summed E-state index contributed by atoms with van der Waals surface area (Å²) in [5, 5.41) is 14.5. The fourth-order valence-corrected chi connectivity index (χ4v) is 14.9. The van der Waals surface area contributed by atoms with Crippen LogP contribution in [0.3, 0.4) is 0 Å². The number of ether oxygens (including phenoxy) is 1. The second-order valence-corrected chi connectivity index (χ2v) is 21.5. The summed E-state index contributed by atoms with van der Waals surface area (Å²) >= 11 is 0. The van der Waals surface area contributed by atoms with Crippen molar-refractivity contribution in [1.29, 1.82) is 0 Å². The van der Waals surface area contributed by atoms with E-state index in [0.717, 1.165) is 88.6 Å². The summed E-state index contributed by atoms with van der Waals surface area (Å²) in [6.45, 7) is 20.2. The molecule has 0 spiro atoms. The van der Waals surface area contributed by atoms with Crippen LogP contribution in [0.1, 0.15) is 94.9 Å². The maximum Gasteiger partial charge on any atom is 0.258 e. The van der Waals surface area contributed by atoms with Gasteiger partial charge in [0.05, 0.1) is 12.7 Å². The number of halogens is 1. The quantitative estimate of drug-likeness (QED) is 0.196. The number of piperazine rings is 1. The lowest BCUT2D eigenvalue weighted by molar-refractivity contribution is -0.0218. The van der Waals surface area contributed by atoms with Crippen LogP contribution in [-0.4, -0.2) is 76.8 Å². The molecule has 0 amide bonds. The zero-order chi connectivity index (χ0) is 35.6. The number of β-amino-alcohol motifs (C(OH)–C–C–N with tert-alkyl or cyclic N) is 1. The minimum absolute atomic E-state index is 0.0622. The van der Waals surface area contributed by atoms with E-state index in [1.165, 1.54) is 22.4 Å². The van der Waals surface area contributed by atoms with E-state index in [2.05, 4.69) is 93.1 Å². The van der Waals surface area contributed by atoms with Crippen LogP contribution < -0.4 is 19.4 Å². The van der Waals surface area contributed by atoms with Crippen molar-refractivity contribution in [3.05, 3.63) is 88.7 Å². The first-order valence-corrected chi connectivity index (χ1v) is 21.2. The molecule has 2 saturated heterocycles. The van der Waals surface area contributed by atoms with E-state index in [0.29, 0.717) is 16.6 Å². The summed E-state index contributed by atoms with van der Waals surface area (Å²) in [6, 6.07) is 20.7. The molecule has 2 atom stereocenters. The Labute approximate surface area is 301 Å². The monoisotopic (exact) mass is 701 g/mol. The van der Waals surface area contributed by atoms with Crippen molar-refractivity contribution in [3.8, 4) is 11.5 Å². The molecule has 2 aliphatic heterocycles. The Kier molecular flexibility index (Phi) is 11.3. The third-order valence-corrected chi connectivity index (χ3v) is 18.2. The van der Waals surface area contributed by atoms with Crippen LogP contribution in [0, 0.1) is 5.82 Å².